The molecule has 0 aliphatic rings. The Kier molecular flexibility index (Phi) is 6.01. The highest BCUT2D eigenvalue weighted by molar-refractivity contribution is 7.99. The molecule has 3 rings (SSSR count). The van der Waals surface area contributed by atoms with Crippen LogP contribution in [0.5, 0.6) is 11.6 Å². The first-order valence-corrected chi connectivity index (χ1v) is 9.77. The van der Waals surface area contributed by atoms with Gasteiger partial charge >= 0.3 is 0 Å². The van der Waals surface area contributed by atoms with Gasteiger partial charge in [-0.1, -0.05) is 40.3 Å². The average molecular weight is 414 g/mol. The van der Waals surface area contributed by atoms with Crippen LogP contribution in [0.3, 0.4) is 0 Å². The minimum absolute atomic E-state index is 0.00954. The van der Waals surface area contributed by atoms with E-state index in [-0.39, 0.29) is 12.7 Å². The highest BCUT2D eigenvalue weighted by atomic mass is 35.5. The van der Waals surface area contributed by atoms with Crippen LogP contribution in [-0.2, 0) is 6.61 Å². The van der Waals surface area contributed by atoms with Crippen LogP contribution in [-0.4, -0.2) is 22.5 Å². The molecule has 9 heteroatoms. The first-order chi connectivity index (χ1) is 12.5. The zero-order valence-electron chi connectivity index (χ0n) is 14.4. The molecule has 0 fully saturated rings. The number of nitrogens with zero attached hydrogens (tertiary/aromatic N) is 2. The molecular formula is C17H17Cl2N3O3S. The van der Waals surface area contributed by atoms with Gasteiger partial charge in [0, 0.05) is 22.9 Å². The van der Waals surface area contributed by atoms with Crippen molar-refractivity contribution in [3.8, 4) is 11.6 Å². The molecule has 0 aliphatic heterocycles. The maximum atomic E-state index is 6.37. The second-order valence-corrected chi connectivity index (χ2v) is 7.12. The minimum Gasteiger partial charge on any atom is -0.487 e. The smallest absolute Gasteiger partial charge is 0.233 e. The number of anilines is 1. The summed E-state index contributed by atoms with van der Waals surface area (Å²) in [6.07, 6.45) is 3.45. The average Bonchev–Trinajstić information content (AvgIpc) is 2.97. The molecule has 1 N–H and O–H groups in total. The van der Waals surface area contributed by atoms with Crippen LogP contribution in [0.15, 0.2) is 28.9 Å². The first kappa shape index (κ1) is 18.9. The van der Waals surface area contributed by atoms with Crippen molar-refractivity contribution in [2.45, 2.75) is 26.6 Å². The van der Waals surface area contributed by atoms with Gasteiger partial charge in [0.2, 0.25) is 5.88 Å². The molecule has 6 nitrogen and oxygen atoms in total. The first-order valence-electron chi connectivity index (χ1n) is 7.79. The highest BCUT2D eigenvalue weighted by Crippen LogP contribution is 2.31. The molecular weight excluding hydrogens is 397 g/mol. The number of ether oxygens (including phenoxy) is 2. The molecule has 1 aromatic carbocycles. The number of nitrogens with one attached hydrogen (secondary N) is 1. The third-order valence-corrected chi connectivity index (χ3v) is 4.38. The summed E-state index contributed by atoms with van der Waals surface area (Å²) in [5.41, 5.74) is 1.39. The molecule has 2 aromatic heterocycles. The van der Waals surface area contributed by atoms with Gasteiger partial charge in [-0.25, -0.2) is 4.98 Å². The molecule has 3 aromatic rings. The van der Waals surface area contributed by atoms with Gasteiger partial charge in [0.15, 0.2) is 11.4 Å². The molecule has 0 saturated carbocycles. The summed E-state index contributed by atoms with van der Waals surface area (Å²) >= 11 is 14.0. The van der Waals surface area contributed by atoms with Crippen LogP contribution < -0.4 is 14.2 Å². The van der Waals surface area contributed by atoms with E-state index in [0.29, 0.717) is 33.1 Å². The molecule has 0 saturated heterocycles. The molecule has 0 atom stereocenters. The summed E-state index contributed by atoms with van der Waals surface area (Å²) in [4.78, 5) is 4.18. The van der Waals surface area contributed by atoms with Crippen LogP contribution in [0.1, 0.15) is 19.4 Å². The van der Waals surface area contributed by atoms with E-state index in [9.17, 15) is 0 Å². The molecule has 2 heterocycles. The Morgan fingerprint density at radius 1 is 1.23 bits per heavy atom. The Labute approximate surface area is 165 Å². The van der Waals surface area contributed by atoms with Gasteiger partial charge < -0.3 is 18.7 Å². The lowest BCUT2D eigenvalue weighted by molar-refractivity contribution is 0.231. The maximum Gasteiger partial charge on any atom is 0.233 e. The van der Waals surface area contributed by atoms with Gasteiger partial charge in [-0.3, -0.25) is 0 Å². The lowest BCUT2D eigenvalue weighted by Gasteiger charge is -2.12. The number of pyridine rings is 1. The Bertz CT molecular complexity index is 918. The fourth-order valence-electron chi connectivity index (χ4n) is 2.24. The Morgan fingerprint density at radius 2 is 2.04 bits per heavy atom. The molecule has 0 radical (unpaired) electrons. The molecule has 0 aliphatic carbocycles. The van der Waals surface area contributed by atoms with E-state index in [4.69, 9.17) is 37.2 Å². The lowest BCUT2D eigenvalue weighted by atomic mass is 10.2. The molecule has 138 valence electrons. The van der Waals surface area contributed by atoms with Crippen molar-refractivity contribution in [1.29, 1.82) is 0 Å². The monoisotopic (exact) mass is 413 g/mol. The second-order valence-electron chi connectivity index (χ2n) is 5.69. The number of aromatic nitrogens is 2. The van der Waals surface area contributed by atoms with Gasteiger partial charge in [-0.15, -0.1) is 0 Å². The number of hydrogen-bond acceptors (Lipinski definition) is 7. The molecule has 0 amide bonds. The fraction of sp³-hybridized carbons (Fsp3) is 0.294. The van der Waals surface area contributed by atoms with Crippen molar-refractivity contribution in [3.05, 3.63) is 40.0 Å². The summed E-state index contributed by atoms with van der Waals surface area (Å²) in [5.74, 6) is 1.53. The Morgan fingerprint density at radius 3 is 2.73 bits per heavy atom. The van der Waals surface area contributed by atoms with E-state index in [1.165, 1.54) is 11.9 Å². The van der Waals surface area contributed by atoms with Crippen molar-refractivity contribution in [2.75, 3.05) is 11.0 Å². The van der Waals surface area contributed by atoms with Crippen molar-refractivity contribution in [1.82, 2.24) is 10.1 Å². The number of halogens is 2. The SMILES string of the molecule is CSNc1noc2cc(COc3cnc(OC(C)C)c(Cl)c3)c(Cl)cc12. The third kappa shape index (κ3) is 4.28. The molecule has 0 spiro atoms. The van der Waals surface area contributed by atoms with Gasteiger partial charge in [0.1, 0.15) is 17.4 Å². The molecule has 26 heavy (non-hydrogen) atoms. The number of fused-ring (bicyclic) bond motifs is 1. The predicted octanol–water partition coefficient (Wildman–Crippen LogP) is 5.59. The highest BCUT2D eigenvalue weighted by Gasteiger charge is 2.13. The van der Waals surface area contributed by atoms with Crippen LogP contribution in [0.2, 0.25) is 10.0 Å². The van der Waals surface area contributed by atoms with E-state index in [0.717, 1.165) is 10.9 Å². The predicted molar refractivity (Wildman–Crippen MR) is 105 cm³/mol. The summed E-state index contributed by atoms with van der Waals surface area (Å²) in [5, 5.41) is 5.74. The summed E-state index contributed by atoms with van der Waals surface area (Å²) in [6, 6.07) is 5.27. The maximum absolute atomic E-state index is 6.37. The van der Waals surface area contributed by atoms with Crippen molar-refractivity contribution in [2.24, 2.45) is 0 Å². The molecule has 0 unspecified atom stereocenters. The van der Waals surface area contributed by atoms with Gasteiger partial charge in [-0.05, 0) is 26.0 Å². The zero-order valence-corrected chi connectivity index (χ0v) is 16.7. The minimum atomic E-state index is -0.00954. The summed E-state index contributed by atoms with van der Waals surface area (Å²) in [7, 11) is 0. The van der Waals surface area contributed by atoms with E-state index in [2.05, 4.69) is 14.9 Å². The van der Waals surface area contributed by atoms with Gasteiger partial charge in [-0.2, -0.15) is 0 Å². The van der Waals surface area contributed by atoms with Crippen molar-refractivity contribution >= 4 is 51.9 Å². The lowest BCUT2D eigenvalue weighted by Crippen LogP contribution is -2.07. The van der Waals surface area contributed by atoms with E-state index < -0.39 is 0 Å². The largest absolute Gasteiger partial charge is 0.487 e. The standard InChI is InChI=1S/C17H17Cl2N3O3S/c1-9(2)24-17-14(19)5-11(7-20-17)23-8-10-4-15-12(6-13(10)18)16(21-25-15)22-26-3/h4-7,9H,8H2,1-3H3,(H,21,22). The van der Waals surface area contributed by atoms with E-state index in [1.54, 1.807) is 24.4 Å². The van der Waals surface area contributed by atoms with Crippen LogP contribution >= 0.6 is 35.1 Å². The normalized spacial score (nSPS) is 11.2. The summed E-state index contributed by atoms with van der Waals surface area (Å²) in [6.45, 7) is 4.05. The topological polar surface area (TPSA) is 69.4 Å². The van der Waals surface area contributed by atoms with Crippen LogP contribution in [0.4, 0.5) is 5.82 Å². The zero-order chi connectivity index (χ0) is 18.7. The van der Waals surface area contributed by atoms with Crippen LogP contribution in [0.25, 0.3) is 11.0 Å². The van der Waals surface area contributed by atoms with E-state index in [1.807, 2.05) is 20.1 Å². The summed E-state index contributed by atoms with van der Waals surface area (Å²) < 4.78 is 19.6. The second kappa shape index (κ2) is 8.24. The van der Waals surface area contributed by atoms with Crippen LogP contribution in [0, 0.1) is 0 Å². The van der Waals surface area contributed by atoms with Crippen molar-refractivity contribution in [3.63, 3.8) is 0 Å². The van der Waals surface area contributed by atoms with Gasteiger partial charge in [0.05, 0.1) is 17.7 Å². The van der Waals surface area contributed by atoms with Crippen molar-refractivity contribution < 1.29 is 14.0 Å². The van der Waals surface area contributed by atoms with E-state index >= 15 is 0 Å². The number of rotatable bonds is 7. The Hall–Kier alpha value is -1.83. The molecule has 0 bridgehead atoms. The Balaban J connectivity index is 1.75. The third-order valence-electron chi connectivity index (χ3n) is 3.36. The van der Waals surface area contributed by atoms with Gasteiger partial charge in [0.25, 0.3) is 0 Å². The quantitative estimate of drug-likeness (QED) is 0.506. The number of benzene rings is 1. The fourth-order valence-corrected chi connectivity index (χ4v) is 3.00. The number of hydrogen-bond donors (Lipinski definition) is 1.